The molecule has 0 fully saturated rings. The highest BCUT2D eigenvalue weighted by molar-refractivity contribution is 7.29. The summed E-state index contributed by atoms with van der Waals surface area (Å²) >= 11 is 1.97. The Bertz CT molecular complexity index is 3180. The van der Waals surface area contributed by atoms with E-state index >= 15 is 0 Å². The van der Waals surface area contributed by atoms with Gasteiger partial charge in [-0.25, -0.2) is 0 Å². The maximum Gasteiger partial charge on any atom is 0.211 e. The molecule has 0 amide bonds. The van der Waals surface area contributed by atoms with Crippen LogP contribution in [0.25, 0.3) is 43.1 Å². The second-order valence-electron chi connectivity index (χ2n) is 21.9. The Kier molecular flexibility index (Phi) is 9.30. The summed E-state index contributed by atoms with van der Waals surface area (Å²) in [6.45, 7) is 24.3. The molecular weight excluding hydrogens is 792 g/mol. The third kappa shape index (κ3) is 6.57. The van der Waals surface area contributed by atoms with Gasteiger partial charge in [-0.1, -0.05) is 146 Å². The average molecular weight is 852 g/mol. The van der Waals surface area contributed by atoms with Crippen molar-refractivity contribution in [2.45, 2.75) is 117 Å². The van der Waals surface area contributed by atoms with Crippen molar-refractivity contribution in [2.24, 2.45) is 0 Å². The van der Waals surface area contributed by atoms with Crippen molar-refractivity contribution in [3.8, 4) is 22.3 Å². The Hall–Kier alpha value is -5.58. The molecule has 7 aromatic carbocycles. The van der Waals surface area contributed by atoms with Crippen molar-refractivity contribution in [1.29, 1.82) is 0 Å². The average Bonchev–Trinajstić information content (AvgIpc) is 3.63. The van der Waals surface area contributed by atoms with Gasteiger partial charge in [-0.2, -0.15) is 0 Å². The fourth-order valence-corrected chi connectivity index (χ4v) is 12.6. The molecule has 0 saturated heterocycles. The molecule has 2 heterocycles. The van der Waals surface area contributed by atoms with Crippen LogP contribution in [0.5, 0.6) is 0 Å². The molecule has 3 aliphatic rings. The summed E-state index contributed by atoms with van der Waals surface area (Å²) in [6.07, 6.45) is 4.78. The van der Waals surface area contributed by atoms with Crippen molar-refractivity contribution in [3.63, 3.8) is 0 Å². The highest BCUT2D eigenvalue weighted by Gasteiger charge is 2.41. The predicted octanol–water partition coefficient (Wildman–Crippen LogP) is 15.9. The minimum Gasteiger partial charge on any atom is -0.355 e. The quantitative estimate of drug-likeness (QED) is 0.174. The van der Waals surface area contributed by atoms with E-state index in [1.54, 1.807) is 0 Å². The second-order valence-corrected chi connectivity index (χ2v) is 23.0. The number of rotatable bonds is 5. The lowest BCUT2D eigenvalue weighted by Crippen LogP contribution is -2.40. The second kappa shape index (κ2) is 14.5. The lowest BCUT2D eigenvalue weighted by molar-refractivity contribution is 0.332. The number of nitrogens with one attached hydrogen (secondary N) is 1. The van der Waals surface area contributed by atoms with Crippen LogP contribution in [0, 0.1) is 13.8 Å². The summed E-state index contributed by atoms with van der Waals surface area (Å²) in [5.74, 6) is 0. The molecular formula is C60H60BN2S. The number of anilines is 5. The molecule has 0 unspecified atom stereocenters. The van der Waals surface area contributed by atoms with E-state index < -0.39 is 0 Å². The van der Waals surface area contributed by atoms with Crippen LogP contribution in [0.4, 0.5) is 28.4 Å². The van der Waals surface area contributed by atoms with Gasteiger partial charge in [0.15, 0.2) is 0 Å². The first-order valence-corrected chi connectivity index (χ1v) is 24.3. The van der Waals surface area contributed by atoms with Crippen molar-refractivity contribution < 1.29 is 0 Å². The molecule has 2 nitrogen and oxygen atoms in total. The molecule has 1 radical (unpaired) electrons. The molecule has 64 heavy (non-hydrogen) atoms. The third-order valence-corrected chi connectivity index (χ3v) is 16.7. The standard InChI is InChI=1S/C60H60BN2S/c1-36-30-44(43-25-22-40-18-14-15-19-42(40)54(43)62-41-23-20-39(21-24-41)38-16-12-11-13-17-38)53-51(31-36)63(50-34-48-46(32-37(50)2)57(3,4)26-28-59(48,7)8)55-45-33-47-49(35-52(45)64-56(55)61-53)60(9,10)29-27-58(47,5)6/h11-25,30-35,62H,26-29H2,1-10H3. The van der Waals surface area contributed by atoms with E-state index in [1.807, 2.05) is 11.3 Å². The number of nitrogens with zero attached hydrogens (tertiary/aromatic N) is 1. The summed E-state index contributed by atoms with van der Waals surface area (Å²) < 4.78 is 2.71. The highest BCUT2D eigenvalue weighted by atomic mass is 32.1. The van der Waals surface area contributed by atoms with E-state index in [-0.39, 0.29) is 21.7 Å². The topological polar surface area (TPSA) is 15.3 Å². The molecule has 0 atom stereocenters. The zero-order chi connectivity index (χ0) is 44.5. The molecule has 1 aliphatic heterocycles. The zero-order valence-corrected chi connectivity index (χ0v) is 40.2. The Balaban J connectivity index is 1.16. The summed E-state index contributed by atoms with van der Waals surface area (Å²) in [5.41, 5.74) is 21.3. The van der Waals surface area contributed by atoms with E-state index in [4.69, 9.17) is 0 Å². The van der Waals surface area contributed by atoms with Crippen LogP contribution in [-0.2, 0) is 21.7 Å². The Morgan fingerprint density at radius 3 is 1.81 bits per heavy atom. The summed E-state index contributed by atoms with van der Waals surface area (Å²) in [6, 6.07) is 48.3. The van der Waals surface area contributed by atoms with Gasteiger partial charge in [0.05, 0.1) is 11.4 Å². The van der Waals surface area contributed by atoms with Crippen molar-refractivity contribution >= 4 is 78.2 Å². The van der Waals surface area contributed by atoms with Gasteiger partial charge in [0.1, 0.15) is 0 Å². The van der Waals surface area contributed by atoms with Gasteiger partial charge in [-0.3, -0.25) is 0 Å². The first kappa shape index (κ1) is 41.2. The van der Waals surface area contributed by atoms with Gasteiger partial charge in [0.25, 0.3) is 0 Å². The van der Waals surface area contributed by atoms with Crippen LogP contribution in [0.15, 0.2) is 127 Å². The number of benzene rings is 7. The fourth-order valence-electron chi connectivity index (χ4n) is 11.4. The molecule has 1 aromatic heterocycles. The molecule has 0 spiro atoms. The van der Waals surface area contributed by atoms with E-state index in [0.717, 1.165) is 11.4 Å². The van der Waals surface area contributed by atoms with Gasteiger partial charge in [-0.05, 0) is 163 Å². The van der Waals surface area contributed by atoms with Crippen LogP contribution < -0.4 is 20.5 Å². The maximum absolute atomic E-state index is 3.98. The first-order chi connectivity index (χ1) is 30.5. The molecule has 11 rings (SSSR count). The minimum atomic E-state index is 0.0784. The number of aryl methyl sites for hydroxylation is 2. The maximum atomic E-state index is 3.98. The van der Waals surface area contributed by atoms with Crippen LogP contribution in [0.3, 0.4) is 0 Å². The summed E-state index contributed by atoms with van der Waals surface area (Å²) in [7, 11) is 2.53. The van der Waals surface area contributed by atoms with Crippen molar-refractivity contribution in [3.05, 3.63) is 161 Å². The van der Waals surface area contributed by atoms with Gasteiger partial charge in [0, 0.05) is 38.1 Å². The van der Waals surface area contributed by atoms with Gasteiger partial charge >= 0.3 is 0 Å². The van der Waals surface area contributed by atoms with Crippen LogP contribution in [0.2, 0.25) is 0 Å². The number of fused-ring (bicyclic) bond motifs is 7. The van der Waals surface area contributed by atoms with Crippen LogP contribution >= 0.6 is 11.3 Å². The Morgan fingerprint density at radius 2 is 1.12 bits per heavy atom. The molecule has 319 valence electrons. The molecule has 1 N–H and O–H groups in total. The van der Waals surface area contributed by atoms with Crippen molar-refractivity contribution in [2.75, 3.05) is 10.2 Å². The van der Waals surface area contributed by atoms with Crippen LogP contribution in [0.1, 0.15) is 114 Å². The Morgan fingerprint density at radius 1 is 0.531 bits per heavy atom. The van der Waals surface area contributed by atoms with E-state index in [2.05, 4.69) is 214 Å². The van der Waals surface area contributed by atoms with Crippen molar-refractivity contribution in [1.82, 2.24) is 0 Å². The van der Waals surface area contributed by atoms with E-state index in [9.17, 15) is 0 Å². The largest absolute Gasteiger partial charge is 0.355 e. The lowest BCUT2D eigenvalue weighted by Gasteiger charge is -2.44. The summed E-state index contributed by atoms with van der Waals surface area (Å²) in [5, 5.41) is 7.79. The van der Waals surface area contributed by atoms with E-state index in [1.165, 1.54) is 129 Å². The minimum absolute atomic E-state index is 0.0784. The fraction of sp³-hybridized carbons (Fsp3) is 0.300. The number of thiophene rings is 1. The Labute approximate surface area is 386 Å². The molecule has 4 heteroatoms. The highest BCUT2D eigenvalue weighted by Crippen LogP contribution is 2.54. The summed E-state index contributed by atoms with van der Waals surface area (Å²) in [4.78, 5) is 2.69. The third-order valence-electron chi connectivity index (χ3n) is 15.6. The monoisotopic (exact) mass is 851 g/mol. The van der Waals surface area contributed by atoms with Gasteiger partial charge in [-0.15, -0.1) is 11.3 Å². The van der Waals surface area contributed by atoms with Crippen LogP contribution in [-0.4, -0.2) is 7.28 Å². The van der Waals surface area contributed by atoms with E-state index in [0.29, 0.717) is 0 Å². The predicted molar refractivity (Wildman–Crippen MR) is 280 cm³/mol. The normalized spacial score (nSPS) is 17.6. The zero-order valence-electron chi connectivity index (χ0n) is 39.4. The van der Waals surface area contributed by atoms with Gasteiger partial charge in [0.2, 0.25) is 7.28 Å². The number of hydrogen-bond acceptors (Lipinski definition) is 3. The molecule has 0 saturated carbocycles. The SMILES string of the molecule is Cc1cc(-c2ccc3ccccc3c2Nc2ccc(-c3ccccc3)cc2)c2c(c1)N(c1cc3c(cc1C)C(C)(C)CCC3(C)C)c1c(sc3cc4c(cc13)C(C)(C)CCC4(C)C)[B]2. The molecule has 0 bridgehead atoms. The lowest BCUT2D eigenvalue weighted by atomic mass is 9.61. The number of hydrogen-bond donors (Lipinski definition) is 1. The first-order valence-electron chi connectivity index (χ1n) is 23.5. The smallest absolute Gasteiger partial charge is 0.211 e. The van der Waals surface area contributed by atoms with Gasteiger partial charge < -0.3 is 10.2 Å². The molecule has 8 aromatic rings. The molecule has 2 aliphatic carbocycles.